The molecule has 0 atom stereocenters. The lowest BCUT2D eigenvalue weighted by molar-refractivity contribution is -0.118. The average molecular weight is 350 g/mol. The van der Waals surface area contributed by atoms with Gasteiger partial charge in [0.05, 0.1) is 12.3 Å². The van der Waals surface area contributed by atoms with Crippen molar-refractivity contribution in [2.45, 2.75) is 20.3 Å². The third kappa shape index (κ3) is 4.11. The van der Waals surface area contributed by atoms with Crippen LogP contribution in [-0.2, 0) is 11.2 Å². The standard InChI is InChI=1S/C21H22N2O3/c1-3-15-7-9-16(10-8-15)26-14-20(24)23-18-11-12-19(25-4-2)21-17(18)6-5-13-22-21/h5-13H,3-4,14H2,1-2H3,(H,23,24). The summed E-state index contributed by atoms with van der Waals surface area (Å²) in [5, 5.41) is 3.72. The Morgan fingerprint density at radius 2 is 1.85 bits per heavy atom. The quantitative estimate of drug-likeness (QED) is 0.693. The Morgan fingerprint density at radius 3 is 2.58 bits per heavy atom. The van der Waals surface area contributed by atoms with Gasteiger partial charge in [0.1, 0.15) is 17.0 Å². The van der Waals surface area contributed by atoms with Crippen molar-refractivity contribution in [1.82, 2.24) is 4.98 Å². The van der Waals surface area contributed by atoms with Crippen LogP contribution in [0, 0.1) is 0 Å². The number of benzene rings is 2. The molecule has 0 fully saturated rings. The number of hydrogen-bond donors (Lipinski definition) is 1. The van der Waals surface area contributed by atoms with Crippen molar-refractivity contribution in [3.63, 3.8) is 0 Å². The monoisotopic (exact) mass is 350 g/mol. The largest absolute Gasteiger partial charge is 0.492 e. The number of nitrogens with zero attached hydrogens (tertiary/aromatic N) is 1. The molecular weight excluding hydrogens is 328 g/mol. The maximum absolute atomic E-state index is 12.3. The fourth-order valence-electron chi connectivity index (χ4n) is 2.68. The van der Waals surface area contributed by atoms with E-state index in [4.69, 9.17) is 9.47 Å². The van der Waals surface area contributed by atoms with E-state index in [1.165, 1.54) is 5.56 Å². The molecule has 0 aliphatic heterocycles. The van der Waals surface area contributed by atoms with E-state index in [9.17, 15) is 4.79 Å². The molecule has 0 saturated heterocycles. The summed E-state index contributed by atoms with van der Waals surface area (Å²) in [6.07, 6.45) is 2.68. The first-order valence-corrected chi connectivity index (χ1v) is 8.73. The van der Waals surface area contributed by atoms with Crippen LogP contribution in [0.3, 0.4) is 0 Å². The van der Waals surface area contributed by atoms with Crippen LogP contribution >= 0.6 is 0 Å². The minimum absolute atomic E-state index is 0.0551. The summed E-state index contributed by atoms with van der Waals surface area (Å²) >= 11 is 0. The summed E-state index contributed by atoms with van der Waals surface area (Å²) in [6.45, 7) is 4.52. The highest BCUT2D eigenvalue weighted by Crippen LogP contribution is 2.30. The van der Waals surface area contributed by atoms with Gasteiger partial charge in [0.25, 0.3) is 5.91 Å². The van der Waals surface area contributed by atoms with Crippen LogP contribution in [0.4, 0.5) is 5.69 Å². The van der Waals surface area contributed by atoms with Crippen molar-refractivity contribution in [2.24, 2.45) is 0 Å². The van der Waals surface area contributed by atoms with Gasteiger partial charge in [0.2, 0.25) is 0 Å². The third-order valence-electron chi connectivity index (χ3n) is 4.01. The number of anilines is 1. The Hall–Kier alpha value is -3.08. The predicted octanol–water partition coefficient (Wildman–Crippen LogP) is 4.21. The number of aryl methyl sites for hydroxylation is 1. The van der Waals surface area contributed by atoms with Crippen LogP contribution < -0.4 is 14.8 Å². The highest BCUT2D eigenvalue weighted by atomic mass is 16.5. The Balaban J connectivity index is 1.70. The number of aromatic nitrogens is 1. The fourth-order valence-corrected chi connectivity index (χ4v) is 2.68. The number of ether oxygens (including phenoxy) is 2. The molecule has 0 spiro atoms. The summed E-state index contributed by atoms with van der Waals surface area (Å²) in [7, 11) is 0. The van der Waals surface area contributed by atoms with Gasteiger partial charge < -0.3 is 14.8 Å². The van der Waals surface area contributed by atoms with Gasteiger partial charge in [-0.05, 0) is 55.3 Å². The molecule has 0 unspecified atom stereocenters. The van der Waals surface area contributed by atoms with E-state index in [-0.39, 0.29) is 12.5 Å². The lowest BCUT2D eigenvalue weighted by atomic mass is 10.1. The number of carbonyl (C=O) groups excluding carboxylic acids is 1. The maximum atomic E-state index is 12.3. The SMILES string of the molecule is CCOc1ccc(NC(=O)COc2ccc(CC)cc2)c2cccnc12. The molecule has 5 heteroatoms. The first-order valence-electron chi connectivity index (χ1n) is 8.73. The summed E-state index contributed by atoms with van der Waals surface area (Å²) < 4.78 is 11.2. The zero-order valence-electron chi connectivity index (χ0n) is 15.0. The van der Waals surface area contributed by atoms with Gasteiger partial charge >= 0.3 is 0 Å². The van der Waals surface area contributed by atoms with Gasteiger partial charge in [0, 0.05) is 11.6 Å². The lowest BCUT2D eigenvalue weighted by Crippen LogP contribution is -2.20. The van der Waals surface area contributed by atoms with Crippen molar-refractivity contribution in [3.8, 4) is 11.5 Å². The summed E-state index contributed by atoms with van der Waals surface area (Å²) in [5.41, 5.74) is 2.64. The molecule has 0 bridgehead atoms. The Labute approximate surface area is 153 Å². The van der Waals surface area contributed by atoms with Crippen LogP contribution in [0.15, 0.2) is 54.7 Å². The summed E-state index contributed by atoms with van der Waals surface area (Å²) in [4.78, 5) is 16.6. The molecule has 0 saturated carbocycles. The molecular formula is C21H22N2O3. The van der Waals surface area contributed by atoms with E-state index in [0.717, 1.165) is 17.3 Å². The molecule has 3 rings (SSSR count). The van der Waals surface area contributed by atoms with Crippen molar-refractivity contribution in [2.75, 3.05) is 18.5 Å². The normalized spacial score (nSPS) is 10.5. The zero-order chi connectivity index (χ0) is 18.4. The first kappa shape index (κ1) is 17.7. The lowest BCUT2D eigenvalue weighted by Gasteiger charge is -2.12. The van der Waals surface area contributed by atoms with Crippen LogP contribution in [0.25, 0.3) is 10.9 Å². The highest BCUT2D eigenvalue weighted by molar-refractivity contribution is 6.03. The van der Waals surface area contributed by atoms with E-state index in [0.29, 0.717) is 23.8 Å². The van der Waals surface area contributed by atoms with Gasteiger partial charge in [0.15, 0.2) is 6.61 Å². The molecule has 26 heavy (non-hydrogen) atoms. The number of rotatable bonds is 7. The van der Waals surface area contributed by atoms with Crippen molar-refractivity contribution >= 4 is 22.5 Å². The molecule has 0 radical (unpaired) electrons. The van der Waals surface area contributed by atoms with Crippen LogP contribution in [-0.4, -0.2) is 24.1 Å². The Kier molecular flexibility index (Phi) is 5.69. The molecule has 1 heterocycles. The topological polar surface area (TPSA) is 60.5 Å². The highest BCUT2D eigenvalue weighted by Gasteiger charge is 2.11. The van der Waals surface area contributed by atoms with Crippen LogP contribution in [0.2, 0.25) is 0 Å². The van der Waals surface area contributed by atoms with Crippen molar-refractivity contribution < 1.29 is 14.3 Å². The van der Waals surface area contributed by atoms with E-state index >= 15 is 0 Å². The number of fused-ring (bicyclic) bond motifs is 1. The minimum Gasteiger partial charge on any atom is -0.492 e. The molecule has 2 aromatic carbocycles. The molecule has 0 aliphatic rings. The molecule has 0 aliphatic carbocycles. The van der Waals surface area contributed by atoms with Crippen LogP contribution in [0.1, 0.15) is 19.4 Å². The minimum atomic E-state index is -0.223. The van der Waals surface area contributed by atoms with Crippen molar-refractivity contribution in [3.05, 3.63) is 60.3 Å². The first-order chi connectivity index (χ1) is 12.7. The molecule has 1 amide bonds. The summed E-state index contributed by atoms with van der Waals surface area (Å²) in [6, 6.07) is 15.1. The second kappa shape index (κ2) is 8.34. The molecule has 134 valence electrons. The van der Waals surface area contributed by atoms with Crippen molar-refractivity contribution in [1.29, 1.82) is 0 Å². The molecule has 1 N–H and O–H groups in total. The number of pyridine rings is 1. The molecule has 1 aromatic heterocycles. The maximum Gasteiger partial charge on any atom is 0.262 e. The van der Waals surface area contributed by atoms with E-state index in [1.807, 2.05) is 55.5 Å². The van der Waals surface area contributed by atoms with Gasteiger partial charge in [-0.1, -0.05) is 19.1 Å². The molecule has 5 nitrogen and oxygen atoms in total. The second-order valence-corrected chi connectivity index (χ2v) is 5.78. The third-order valence-corrected chi connectivity index (χ3v) is 4.01. The molecule has 3 aromatic rings. The smallest absolute Gasteiger partial charge is 0.262 e. The van der Waals surface area contributed by atoms with Gasteiger partial charge in [-0.2, -0.15) is 0 Å². The Morgan fingerprint density at radius 1 is 1.04 bits per heavy atom. The average Bonchev–Trinajstić information content (AvgIpc) is 2.69. The van der Waals surface area contributed by atoms with Crippen LogP contribution in [0.5, 0.6) is 11.5 Å². The Bertz CT molecular complexity index is 891. The van der Waals surface area contributed by atoms with Gasteiger partial charge in [-0.3, -0.25) is 9.78 Å². The van der Waals surface area contributed by atoms with E-state index in [1.54, 1.807) is 6.20 Å². The van der Waals surface area contributed by atoms with E-state index < -0.39 is 0 Å². The number of amides is 1. The fraction of sp³-hybridized carbons (Fsp3) is 0.238. The van der Waals surface area contributed by atoms with E-state index in [2.05, 4.69) is 17.2 Å². The summed E-state index contributed by atoms with van der Waals surface area (Å²) in [5.74, 6) is 1.16. The number of nitrogens with one attached hydrogen (secondary N) is 1. The number of hydrogen-bond acceptors (Lipinski definition) is 4. The second-order valence-electron chi connectivity index (χ2n) is 5.78. The van der Waals surface area contributed by atoms with Gasteiger partial charge in [-0.25, -0.2) is 0 Å². The number of carbonyl (C=O) groups is 1. The zero-order valence-corrected chi connectivity index (χ0v) is 15.0. The van der Waals surface area contributed by atoms with Gasteiger partial charge in [-0.15, -0.1) is 0 Å². The predicted molar refractivity (Wildman–Crippen MR) is 103 cm³/mol.